The number of hydrogen-bond acceptors (Lipinski definition) is 5. The second-order valence-electron chi connectivity index (χ2n) is 3.64. The van der Waals surface area contributed by atoms with Crippen LogP contribution in [0.2, 0.25) is 0 Å². The van der Waals surface area contributed by atoms with Gasteiger partial charge in [0, 0.05) is 11.8 Å². The standard InChI is InChI=1S/C8H16O5/c1-3(10)5-6(11)4(2-9)7(12)8(5)13/h3-13H,2H2,1H3/t3-,4?,5?,6?,7+,8?/m0/s1. The lowest BCUT2D eigenvalue weighted by molar-refractivity contribution is -0.0351. The molecule has 1 saturated carbocycles. The van der Waals surface area contributed by atoms with Crippen LogP contribution in [0.15, 0.2) is 0 Å². The summed E-state index contributed by atoms with van der Waals surface area (Å²) in [4.78, 5) is 0. The van der Waals surface area contributed by atoms with Gasteiger partial charge < -0.3 is 25.5 Å². The van der Waals surface area contributed by atoms with Crippen LogP contribution in [-0.2, 0) is 0 Å². The summed E-state index contributed by atoms with van der Waals surface area (Å²) < 4.78 is 0. The Bertz CT molecular complexity index is 172. The fourth-order valence-corrected chi connectivity index (χ4v) is 1.96. The maximum atomic E-state index is 9.52. The molecule has 1 aliphatic carbocycles. The minimum Gasteiger partial charge on any atom is -0.396 e. The average Bonchev–Trinajstić information content (AvgIpc) is 2.24. The molecular weight excluding hydrogens is 176 g/mol. The van der Waals surface area contributed by atoms with Gasteiger partial charge in [-0.2, -0.15) is 0 Å². The van der Waals surface area contributed by atoms with E-state index in [-0.39, 0.29) is 0 Å². The molecule has 6 atom stereocenters. The van der Waals surface area contributed by atoms with Crippen LogP contribution in [0.3, 0.4) is 0 Å². The van der Waals surface area contributed by atoms with Gasteiger partial charge in [0.2, 0.25) is 0 Å². The molecule has 5 nitrogen and oxygen atoms in total. The van der Waals surface area contributed by atoms with Crippen molar-refractivity contribution in [3.63, 3.8) is 0 Å². The van der Waals surface area contributed by atoms with Crippen LogP contribution in [0.4, 0.5) is 0 Å². The molecule has 1 aliphatic rings. The molecule has 78 valence electrons. The maximum Gasteiger partial charge on any atom is 0.0881 e. The van der Waals surface area contributed by atoms with E-state index in [0.29, 0.717) is 0 Å². The first kappa shape index (κ1) is 10.9. The molecule has 1 fully saturated rings. The number of hydrogen-bond donors (Lipinski definition) is 5. The van der Waals surface area contributed by atoms with E-state index in [2.05, 4.69) is 0 Å². The molecule has 0 bridgehead atoms. The van der Waals surface area contributed by atoms with Gasteiger partial charge in [0.1, 0.15) is 0 Å². The largest absolute Gasteiger partial charge is 0.396 e. The highest BCUT2D eigenvalue weighted by Crippen LogP contribution is 2.34. The second kappa shape index (κ2) is 3.89. The van der Waals surface area contributed by atoms with Gasteiger partial charge in [-0.15, -0.1) is 0 Å². The van der Waals surface area contributed by atoms with Gasteiger partial charge in [-0.3, -0.25) is 0 Å². The highest BCUT2D eigenvalue weighted by Gasteiger charge is 2.50. The molecule has 0 aromatic heterocycles. The van der Waals surface area contributed by atoms with Gasteiger partial charge in [-0.1, -0.05) is 0 Å². The molecule has 4 unspecified atom stereocenters. The fourth-order valence-electron chi connectivity index (χ4n) is 1.96. The van der Waals surface area contributed by atoms with E-state index in [1.807, 2.05) is 0 Å². The van der Waals surface area contributed by atoms with Crippen molar-refractivity contribution in [3.05, 3.63) is 0 Å². The maximum absolute atomic E-state index is 9.52. The molecule has 0 aromatic carbocycles. The van der Waals surface area contributed by atoms with Crippen LogP contribution in [0, 0.1) is 11.8 Å². The van der Waals surface area contributed by atoms with E-state index in [9.17, 15) is 20.4 Å². The Morgan fingerprint density at radius 2 is 1.62 bits per heavy atom. The van der Waals surface area contributed by atoms with Crippen LogP contribution in [0.1, 0.15) is 6.92 Å². The summed E-state index contributed by atoms with van der Waals surface area (Å²) in [5.74, 6) is -1.55. The lowest BCUT2D eigenvalue weighted by atomic mass is 9.96. The molecule has 0 aromatic rings. The molecule has 0 aliphatic heterocycles. The Labute approximate surface area is 76.3 Å². The molecule has 1 rings (SSSR count). The van der Waals surface area contributed by atoms with E-state index in [4.69, 9.17) is 5.11 Å². The van der Waals surface area contributed by atoms with Crippen molar-refractivity contribution >= 4 is 0 Å². The van der Waals surface area contributed by atoms with Crippen LogP contribution in [-0.4, -0.2) is 56.6 Å². The van der Waals surface area contributed by atoms with Crippen molar-refractivity contribution < 1.29 is 25.5 Å². The SMILES string of the molecule is C[C@H](O)C1C(O)C(CO)[C@@H](O)C1O. The average molecular weight is 192 g/mol. The number of rotatable bonds is 2. The Morgan fingerprint density at radius 3 is 1.85 bits per heavy atom. The molecule has 0 radical (unpaired) electrons. The quantitative estimate of drug-likeness (QED) is 0.338. The summed E-state index contributed by atoms with van der Waals surface area (Å²) in [5.41, 5.74) is 0. The summed E-state index contributed by atoms with van der Waals surface area (Å²) in [7, 11) is 0. The van der Waals surface area contributed by atoms with Crippen molar-refractivity contribution in [1.82, 2.24) is 0 Å². The summed E-state index contributed by atoms with van der Waals surface area (Å²) in [6, 6.07) is 0. The fraction of sp³-hybridized carbons (Fsp3) is 1.00. The summed E-state index contributed by atoms with van der Waals surface area (Å²) in [6.07, 6.45) is -4.31. The zero-order valence-corrected chi connectivity index (χ0v) is 7.41. The molecule has 5 N–H and O–H groups in total. The van der Waals surface area contributed by atoms with Crippen molar-refractivity contribution in [2.75, 3.05) is 6.61 Å². The van der Waals surface area contributed by atoms with E-state index in [0.717, 1.165) is 0 Å². The monoisotopic (exact) mass is 192 g/mol. The zero-order valence-electron chi connectivity index (χ0n) is 7.41. The van der Waals surface area contributed by atoms with Crippen molar-refractivity contribution in [3.8, 4) is 0 Å². The van der Waals surface area contributed by atoms with Gasteiger partial charge >= 0.3 is 0 Å². The van der Waals surface area contributed by atoms with Crippen LogP contribution in [0.5, 0.6) is 0 Å². The smallest absolute Gasteiger partial charge is 0.0881 e. The third-order valence-electron chi connectivity index (χ3n) is 2.78. The molecule has 13 heavy (non-hydrogen) atoms. The van der Waals surface area contributed by atoms with Crippen LogP contribution >= 0.6 is 0 Å². The Morgan fingerprint density at radius 1 is 1.08 bits per heavy atom. The van der Waals surface area contributed by atoms with Gasteiger partial charge in [0.15, 0.2) is 0 Å². The van der Waals surface area contributed by atoms with E-state index in [1.54, 1.807) is 0 Å². The highest BCUT2D eigenvalue weighted by atomic mass is 16.4. The minimum absolute atomic E-state index is 0.400. The van der Waals surface area contributed by atoms with Gasteiger partial charge in [0.05, 0.1) is 31.0 Å². The first-order valence-electron chi connectivity index (χ1n) is 4.33. The van der Waals surface area contributed by atoms with Crippen molar-refractivity contribution in [1.29, 1.82) is 0 Å². The predicted octanol–water partition coefficient (Wildman–Crippen LogP) is -2.31. The zero-order chi connectivity index (χ0) is 10.2. The lowest BCUT2D eigenvalue weighted by Crippen LogP contribution is -2.35. The number of aliphatic hydroxyl groups excluding tert-OH is 5. The highest BCUT2D eigenvalue weighted by molar-refractivity contribution is 4.99. The molecular formula is C8H16O5. The van der Waals surface area contributed by atoms with E-state index >= 15 is 0 Å². The lowest BCUT2D eigenvalue weighted by Gasteiger charge is -2.21. The first-order valence-corrected chi connectivity index (χ1v) is 4.33. The predicted molar refractivity (Wildman–Crippen MR) is 43.8 cm³/mol. The molecule has 5 heteroatoms. The van der Waals surface area contributed by atoms with Crippen molar-refractivity contribution in [2.45, 2.75) is 31.3 Å². The molecule has 0 spiro atoms. The molecule has 0 heterocycles. The van der Waals surface area contributed by atoms with Gasteiger partial charge in [0.25, 0.3) is 0 Å². The second-order valence-corrected chi connectivity index (χ2v) is 3.64. The van der Waals surface area contributed by atoms with Crippen molar-refractivity contribution in [2.24, 2.45) is 11.8 Å². The minimum atomic E-state index is -1.17. The summed E-state index contributed by atoms with van der Waals surface area (Å²) in [5, 5.41) is 46.3. The first-order chi connectivity index (χ1) is 6.00. The van der Waals surface area contributed by atoms with E-state index in [1.165, 1.54) is 6.92 Å². The Balaban J connectivity index is 2.78. The Kier molecular flexibility index (Phi) is 3.26. The van der Waals surface area contributed by atoms with Crippen LogP contribution in [0.25, 0.3) is 0 Å². The third kappa shape index (κ3) is 1.70. The Hall–Kier alpha value is -0.200. The summed E-state index contributed by atoms with van der Waals surface area (Å²) in [6.45, 7) is 1.03. The molecule has 0 amide bonds. The van der Waals surface area contributed by atoms with E-state index < -0.39 is 42.9 Å². The third-order valence-corrected chi connectivity index (χ3v) is 2.78. The topological polar surface area (TPSA) is 101 Å². The number of aliphatic hydroxyl groups is 5. The van der Waals surface area contributed by atoms with Crippen LogP contribution < -0.4 is 0 Å². The van der Waals surface area contributed by atoms with Gasteiger partial charge in [-0.25, -0.2) is 0 Å². The normalized spacial score (nSPS) is 48.0. The summed E-state index contributed by atoms with van der Waals surface area (Å²) >= 11 is 0. The van der Waals surface area contributed by atoms with Gasteiger partial charge in [-0.05, 0) is 6.92 Å². The molecule has 0 saturated heterocycles.